The molecule has 3 heterocycles. The summed E-state index contributed by atoms with van der Waals surface area (Å²) in [5.41, 5.74) is 1.94. The normalized spacial score (nSPS) is 18.9. The van der Waals surface area contributed by atoms with Crippen molar-refractivity contribution in [3.63, 3.8) is 0 Å². The topological polar surface area (TPSA) is 38.1 Å². The van der Waals surface area contributed by atoms with Crippen molar-refractivity contribution in [2.45, 2.75) is 38.5 Å². The van der Waals surface area contributed by atoms with E-state index >= 15 is 0 Å². The molecular weight excluding hydrogens is 294 g/mol. The number of carbonyl (C=O) groups is 1. The van der Waals surface area contributed by atoms with Crippen molar-refractivity contribution in [1.82, 2.24) is 14.5 Å². The van der Waals surface area contributed by atoms with Crippen LogP contribution < -0.4 is 0 Å². The second-order valence-corrected chi connectivity index (χ2v) is 7.25. The monoisotopic (exact) mass is 317 g/mol. The van der Waals surface area contributed by atoms with Crippen LogP contribution in [0.3, 0.4) is 0 Å². The van der Waals surface area contributed by atoms with Crippen LogP contribution in [0.1, 0.15) is 59.7 Å². The summed E-state index contributed by atoms with van der Waals surface area (Å²) in [7, 11) is 1.92. The minimum absolute atomic E-state index is 0.137. The predicted molar refractivity (Wildman–Crippen MR) is 89.5 cm³/mol. The Kier molecular flexibility index (Phi) is 4.34. The van der Waals surface area contributed by atoms with Gasteiger partial charge in [-0.3, -0.25) is 4.79 Å². The van der Waals surface area contributed by atoms with Gasteiger partial charge >= 0.3 is 0 Å². The van der Waals surface area contributed by atoms with E-state index in [2.05, 4.69) is 19.2 Å². The SMILES string of the molecule is CC(C)c1csc([C@@H]2CCCN(C(=O)c3cccn3C)C2)n1. The molecule has 0 spiro atoms. The first-order valence-electron chi connectivity index (χ1n) is 7.92. The third-order valence-corrected chi connectivity index (χ3v) is 5.38. The number of rotatable bonds is 3. The van der Waals surface area contributed by atoms with E-state index in [9.17, 15) is 4.79 Å². The lowest BCUT2D eigenvalue weighted by molar-refractivity contribution is 0.0697. The van der Waals surface area contributed by atoms with E-state index in [1.165, 1.54) is 10.7 Å². The van der Waals surface area contributed by atoms with E-state index in [-0.39, 0.29) is 5.91 Å². The molecular formula is C17H23N3OS. The second kappa shape index (κ2) is 6.24. The molecule has 4 nitrogen and oxygen atoms in total. The van der Waals surface area contributed by atoms with Gasteiger partial charge in [0, 0.05) is 37.6 Å². The fraction of sp³-hybridized carbons (Fsp3) is 0.529. The Morgan fingerprint density at radius 3 is 2.91 bits per heavy atom. The molecule has 2 aromatic rings. The second-order valence-electron chi connectivity index (χ2n) is 6.36. The standard InChI is InChI=1S/C17H23N3OS/c1-12(2)14-11-22-16(18-14)13-6-4-9-20(10-13)17(21)15-7-5-8-19(15)3/h5,7-8,11-13H,4,6,9-10H2,1-3H3/t13-/m1/s1. The zero-order valence-corrected chi connectivity index (χ0v) is 14.3. The highest BCUT2D eigenvalue weighted by Gasteiger charge is 2.28. The molecule has 0 saturated carbocycles. The number of likely N-dealkylation sites (tertiary alicyclic amines) is 1. The van der Waals surface area contributed by atoms with Gasteiger partial charge < -0.3 is 9.47 Å². The number of hydrogen-bond acceptors (Lipinski definition) is 3. The molecule has 1 aliphatic rings. The van der Waals surface area contributed by atoms with Crippen molar-refractivity contribution in [3.05, 3.63) is 40.1 Å². The molecule has 1 saturated heterocycles. The number of aryl methyl sites for hydroxylation is 1. The number of thiazole rings is 1. The van der Waals surface area contributed by atoms with E-state index in [0.29, 0.717) is 11.8 Å². The Balaban J connectivity index is 1.73. The molecule has 0 aromatic carbocycles. The Bertz CT molecular complexity index is 658. The van der Waals surface area contributed by atoms with Crippen molar-refractivity contribution in [3.8, 4) is 0 Å². The first-order valence-corrected chi connectivity index (χ1v) is 8.80. The summed E-state index contributed by atoms with van der Waals surface area (Å²) in [6.07, 6.45) is 4.10. The summed E-state index contributed by atoms with van der Waals surface area (Å²) < 4.78 is 1.90. The lowest BCUT2D eigenvalue weighted by atomic mass is 9.98. The van der Waals surface area contributed by atoms with Gasteiger partial charge in [0.25, 0.3) is 5.91 Å². The lowest BCUT2D eigenvalue weighted by Gasteiger charge is -2.32. The Labute approximate surface area is 135 Å². The molecule has 0 radical (unpaired) electrons. The zero-order valence-electron chi connectivity index (χ0n) is 13.5. The van der Waals surface area contributed by atoms with Crippen molar-refractivity contribution < 1.29 is 4.79 Å². The summed E-state index contributed by atoms with van der Waals surface area (Å²) in [5.74, 6) is 0.989. The number of aromatic nitrogens is 2. The molecule has 1 aliphatic heterocycles. The van der Waals surface area contributed by atoms with Crippen molar-refractivity contribution in [1.29, 1.82) is 0 Å². The number of piperidine rings is 1. The van der Waals surface area contributed by atoms with E-state index in [0.717, 1.165) is 31.6 Å². The van der Waals surface area contributed by atoms with Gasteiger partial charge in [-0.2, -0.15) is 0 Å². The molecule has 1 atom stereocenters. The molecule has 3 rings (SSSR count). The van der Waals surface area contributed by atoms with Crippen molar-refractivity contribution in [2.75, 3.05) is 13.1 Å². The average Bonchev–Trinajstić information content (AvgIpc) is 3.15. The highest BCUT2D eigenvalue weighted by molar-refractivity contribution is 7.09. The number of hydrogen-bond donors (Lipinski definition) is 0. The van der Waals surface area contributed by atoms with Crippen LogP contribution in [0.15, 0.2) is 23.7 Å². The fourth-order valence-electron chi connectivity index (χ4n) is 2.96. The van der Waals surface area contributed by atoms with Crippen LogP contribution in [-0.2, 0) is 7.05 Å². The van der Waals surface area contributed by atoms with Crippen LogP contribution in [0, 0.1) is 0 Å². The van der Waals surface area contributed by atoms with Crippen molar-refractivity contribution in [2.24, 2.45) is 7.05 Å². The molecule has 1 fully saturated rings. The molecule has 2 aromatic heterocycles. The molecule has 0 bridgehead atoms. The maximum Gasteiger partial charge on any atom is 0.270 e. The van der Waals surface area contributed by atoms with Gasteiger partial charge in [-0.05, 0) is 30.9 Å². The average molecular weight is 317 g/mol. The number of amides is 1. The summed E-state index contributed by atoms with van der Waals surface area (Å²) in [6, 6.07) is 3.82. The minimum atomic E-state index is 0.137. The maximum atomic E-state index is 12.7. The fourth-order valence-corrected chi connectivity index (χ4v) is 4.07. The molecule has 5 heteroatoms. The van der Waals surface area contributed by atoms with Gasteiger partial charge in [-0.25, -0.2) is 4.98 Å². The van der Waals surface area contributed by atoms with Gasteiger partial charge in [0.05, 0.1) is 10.7 Å². The van der Waals surface area contributed by atoms with E-state index in [4.69, 9.17) is 4.98 Å². The van der Waals surface area contributed by atoms with Gasteiger partial charge in [-0.1, -0.05) is 13.8 Å². The van der Waals surface area contributed by atoms with Crippen LogP contribution in [0.25, 0.3) is 0 Å². The van der Waals surface area contributed by atoms with E-state index < -0.39 is 0 Å². The van der Waals surface area contributed by atoms with Crippen LogP contribution in [0.4, 0.5) is 0 Å². The van der Waals surface area contributed by atoms with Crippen molar-refractivity contribution >= 4 is 17.2 Å². The minimum Gasteiger partial charge on any atom is -0.347 e. The molecule has 0 unspecified atom stereocenters. The van der Waals surface area contributed by atoms with Gasteiger partial charge in [-0.15, -0.1) is 11.3 Å². The third-order valence-electron chi connectivity index (χ3n) is 4.35. The maximum absolute atomic E-state index is 12.7. The molecule has 0 N–H and O–H groups in total. The summed E-state index contributed by atoms with van der Waals surface area (Å²) >= 11 is 1.74. The molecule has 1 amide bonds. The Morgan fingerprint density at radius 1 is 1.45 bits per heavy atom. The van der Waals surface area contributed by atoms with Gasteiger partial charge in [0.1, 0.15) is 5.69 Å². The Hall–Kier alpha value is -1.62. The van der Waals surface area contributed by atoms with E-state index in [1.54, 1.807) is 11.3 Å². The largest absolute Gasteiger partial charge is 0.347 e. The first-order chi connectivity index (χ1) is 10.6. The quantitative estimate of drug-likeness (QED) is 0.867. The predicted octanol–water partition coefficient (Wildman–Crippen LogP) is 3.62. The smallest absolute Gasteiger partial charge is 0.270 e. The summed E-state index contributed by atoms with van der Waals surface area (Å²) in [6.45, 7) is 5.98. The highest BCUT2D eigenvalue weighted by atomic mass is 32.1. The van der Waals surface area contributed by atoms with E-state index in [1.807, 2.05) is 34.8 Å². The zero-order chi connectivity index (χ0) is 15.7. The van der Waals surface area contributed by atoms with Gasteiger partial charge in [0.2, 0.25) is 0 Å². The van der Waals surface area contributed by atoms with Crippen LogP contribution >= 0.6 is 11.3 Å². The number of carbonyl (C=O) groups excluding carboxylic acids is 1. The van der Waals surface area contributed by atoms with Crippen LogP contribution in [0.5, 0.6) is 0 Å². The van der Waals surface area contributed by atoms with Crippen LogP contribution in [0.2, 0.25) is 0 Å². The highest BCUT2D eigenvalue weighted by Crippen LogP contribution is 2.31. The van der Waals surface area contributed by atoms with Crippen LogP contribution in [-0.4, -0.2) is 33.4 Å². The molecule has 22 heavy (non-hydrogen) atoms. The molecule has 0 aliphatic carbocycles. The third kappa shape index (κ3) is 2.95. The molecule has 118 valence electrons. The number of nitrogens with zero attached hydrogens (tertiary/aromatic N) is 3. The Morgan fingerprint density at radius 2 is 2.27 bits per heavy atom. The van der Waals surface area contributed by atoms with Gasteiger partial charge in [0.15, 0.2) is 0 Å². The lowest BCUT2D eigenvalue weighted by Crippen LogP contribution is -2.39. The first kappa shape index (κ1) is 15.3. The summed E-state index contributed by atoms with van der Waals surface area (Å²) in [5, 5.41) is 3.35. The summed E-state index contributed by atoms with van der Waals surface area (Å²) in [4.78, 5) is 19.4.